The Labute approximate surface area is 172 Å². The zero-order valence-corrected chi connectivity index (χ0v) is 18.0. The lowest BCUT2D eigenvalue weighted by molar-refractivity contribution is 0.101. The van der Waals surface area contributed by atoms with Gasteiger partial charge in [0.2, 0.25) is 0 Å². The number of hydrogen-bond donors (Lipinski definition) is 0. The summed E-state index contributed by atoms with van der Waals surface area (Å²) in [5, 5.41) is 0.227. The van der Waals surface area contributed by atoms with Gasteiger partial charge in [-0.25, -0.2) is 9.37 Å². The molecule has 2 atom stereocenters. The van der Waals surface area contributed by atoms with Gasteiger partial charge in [-0.3, -0.25) is 9.36 Å². The molecule has 6 nitrogen and oxygen atoms in total. The first-order valence-electron chi connectivity index (χ1n) is 10.0. The predicted molar refractivity (Wildman–Crippen MR) is 112 cm³/mol. The molecule has 0 N–H and O–H groups in total. The molecule has 0 amide bonds. The minimum atomic E-state index is -1.50. The van der Waals surface area contributed by atoms with E-state index in [0.717, 1.165) is 25.7 Å². The Bertz CT molecular complexity index is 1030. The average molecular weight is 420 g/mol. The van der Waals surface area contributed by atoms with Gasteiger partial charge in [-0.2, -0.15) is 0 Å². The second-order valence-corrected chi connectivity index (χ2v) is 10.7. The molecule has 1 unspecified atom stereocenters. The monoisotopic (exact) mass is 419 g/mol. The second-order valence-electron chi connectivity index (χ2n) is 8.77. The van der Waals surface area contributed by atoms with Crippen LogP contribution in [0, 0.1) is 5.82 Å². The van der Waals surface area contributed by atoms with E-state index >= 15 is 0 Å². The van der Waals surface area contributed by atoms with Crippen molar-refractivity contribution in [2.24, 2.45) is 4.40 Å². The highest BCUT2D eigenvalue weighted by molar-refractivity contribution is 7.91. The van der Waals surface area contributed by atoms with Gasteiger partial charge in [0.05, 0.1) is 16.6 Å². The summed E-state index contributed by atoms with van der Waals surface area (Å²) in [6.45, 7) is 7.80. The molecule has 2 fully saturated rings. The third-order valence-electron chi connectivity index (χ3n) is 5.26. The Morgan fingerprint density at radius 1 is 1.34 bits per heavy atom. The number of ether oxygens (including phenoxy) is 1. The van der Waals surface area contributed by atoms with Crippen LogP contribution in [0.2, 0.25) is 0 Å². The third kappa shape index (κ3) is 3.98. The van der Waals surface area contributed by atoms with E-state index in [0.29, 0.717) is 29.2 Å². The minimum Gasteiger partial charge on any atom is -0.591 e. The van der Waals surface area contributed by atoms with Crippen molar-refractivity contribution < 1.29 is 13.7 Å². The van der Waals surface area contributed by atoms with Gasteiger partial charge < -0.3 is 9.29 Å². The molecular formula is C21H26FN3O3S. The molecule has 1 aliphatic carbocycles. The highest BCUT2D eigenvalue weighted by atomic mass is 32.2. The van der Waals surface area contributed by atoms with Crippen molar-refractivity contribution in [1.82, 2.24) is 9.55 Å². The molecule has 0 bridgehead atoms. The molecule has 0 spiro atoms. The lowest BCUT2D eigenvalue weighted by Gasteiger charge is -2.20. The van der Waals surface area contributed by atoms with Crippen molar-refractivity contribution in [2.75, 3.05) is 6.61 Å². The van der Waals surface area contributed by atoms with Crippen LogP contribution in [0.3, 0.4) is 0 Å². The lowest BCUT2D eigenvalue weighted by atomic mass is 10.1. The van der Waals surface area contributed by atoms with Gasteiger partial charge in [-0.05, 0) is 65.5 Å². The molecule has 4 rings (SSSR count). The fourth-order valence-electron chi connectivity index (χ4n) is 3.57. The van der Waals surface area contributed by atoms with Crippen LogP contribution >= 0.6 is 0 Å². The van der Waals surface area contributed by atoms with E-state index in [9.17, 15) is 13.7 Å². The van der Waals surface area contributed by atoms with Gasteiger partial charge in [-0.1, -0.05) is 4.40 Å². The summed E-state index contributed by atoms with van der Waals surface area (Å²) in [6.07, 6.45) is 3.33. The minimum absolute atomic E-state index is 0.105. The third-order valence-corrected chi connectivity index (χ3v) is 6.75. The van der Waals surface area contributed by atoms with Gasteiger partial charge in [-0.15, -0.1) is 0 Å². The molecule has 2 aliphatic rings. The highest BCUT2D eigenvalue weighted by Gasteiger charge is 2.33. The van der Waals surface area contributed by atoms with Crippen LogP contribution in [0.4, 0.5) is 4.39 Å². The van der Waals surface area contributed by atoms with E-state index in [1.807, 2.05) is 20.8 Å². The first kappa shape index (κ1) is 20.5. The van der Waals surface area contributed by atoms with E-state index in [4.69, 9.17) is 9.72 Å². The average Bonchev–Trinajstić information content (AvgIpc) is 3.33. The molecule has 2 heterocycles. The van der Waals surface area contributed by atoms with Crippen molar-refractivity contribution in [1.29, 1.82) is 0 Å². The summed E-state index contributed by atoms with van der Waals surface area (Å²) in [5.74, 6) is 0.0785. The summed E-state index contributed by atoms with van der Waals surface area (Å²) in [4.78, 5) is 18.1. The van der Waals surface area contributed by atoms with Crippen molar-refractivity contribution >= 4 is 28.0 Å². The van der Waals surface area contributed by atoms with E-state index in [1.54, 1.807) is 11.5 Å². The molecule has 1 aromatic carbocycles. The van der Waals surface area contributed by atoms with Gasteiger partial charge in [0.1, 0.15) is 33.9 Å². The smallest absolute Gasteiger partial charge is 0.261 e. The Morgan fingerprint density at radius 3 is 2.66 bits per heavy atom. The van der Waals surface area contributed by atoms with Crippen LogP contribution < -0.4 is 5.56 Å². The molecule has 29 heavy (non-hydrogen) atoms. The van der Waals surface area contributed by atoms with Crippen LogP contribution in [0.25, 0.3) is 10.9 Å². The SMILES string of the molecule is CC(=N[S+]([O-])C(C)(C)C)c1cc(F)cc2c(=O)n(C3CC3)c([C@H]3CCCO3)nc12. The summed E-state index contributed by atoms with van der Waals surface area (Å²) in [5.41, 5.74) is 0.952. The molecule has 8 heteroatoms. The van der Waals surface area contributed by atoms with Crippen molar-refractivity contribution in [3.8, 4) is 0 Å². The number of halogens is 1. The first-order valence-corrected chi connectivity index (χ1v) is 11.1. The maximum atomic E-state index is 14.4. The molecular weight excluding hydrogens is 393 g/mol. The fourth-order valence-corrected chi connectivity index (χ4v) is 4.19. The molecule has 1 saturated heterocycles. The summed E-state index contributed by atoms with van der Waals surface area (Å²) >= 11 is -1.50. The maximum absolute atomic E-state index is 14.4. The number of rotatable bonds is 4. The van der Waals surface area contributed by atoms with E-state index in [1.165, 1.54) is 12.1 Å². The van der Waals surface area contributed by atoms with Gasteiger partial charge >= 0.3 is 0 Å². The lowest BCUT2D eigenvalue weighted by Crippen LogP contribution is -2.28. The summed E-state index contributed by atoms with van der Waals surface area (Å²) < 4.78 is 38.2. The van der Waals surface area contributed by atoms with Gasteiger partial charge in [0, 0.05) is 18.2 Å². The Balaban J connectivity index is 1.94. The molecule has 1 saturated carbocycles. The normalized spacial score (nSPS) is 21.7. The van der Waals surface area contributed by atoms with Gasteiger partial charge in [0.15, 0.2) is 0 Å². The highest BCUT2D eigenvalue weighted by Crippen LogP contribution is 2.38. The van der Waals surface area contributed by atoms with E-state index in [2.05, 4.69) is 4.40 Å². The maximum Gasteiger partial charge on any atom is 0.261 e. The van der Waals surface area contributed by atoms with Crippen LogP contribution in [-0.4, -0.2) is 31.2 Å². The number of hydrogen-bond acceptors (Lipinski definition) is 5. The van der Waals surface area contributed by atoms with Crippen molar-refractivity contribution in [3.63, 3.8) is 0 Å². The number of fused-ring (bicyclic) bond motifs is 1. The first-order chi connectivity index (χ1) is 13.7. The zero-order valence-electron chi connectivity index (χ0n) is 17.2. The predicted octanol–water partition coefficient (Wildman–Crippen LogP) is 3.99. The van der Waals surface area contributed by atoms with Crippen molar-refractivity contribution in [2.45, 2.75) is 70.3 Å². The van der Waals surface area contributed by atoms with Gasteiger partial charge in [0.25, 0.3) is 5.56 Å². The second kappa shape index (κ2) is 7.49. The zero-order chi connectivity index (χ0) is 20.9. The standard InChI is InChI=1S/C21H26FN3O3S/c1-12(24-29(27)21(2,3)4)15-10-13(22)11-16-18(15)23-19(17-6-5-9-28-17)25(20(16)26)14-7-8-14/h10-11,14,17H,5-9H2,1-4H3/t17-,29?/m1/s1. The van der Waals surface area contributed by atoms with Crippen LogP contribution in [0.5, 0.6) is 0 Å². The quantitative estimate of drug-likeness (QED) is 0.554. The molecule has 1 aliphatic heterocycles. The van der Waals surface area contributed by atoms with Crippen LogP contribution in [0.15, 0.2) is 21.3 Å². The Kier molecular flexibility index (Phi) is 5.29. The Hall–Kier alpha value is -1.77. The number of benzene rings is 1. The molecule has 156 valence electrons. The van der Waals surface area contributed by atoms with E-state index < -0.39 is 21.9 Å². The Morgan fingerprint density at radius 2 is 2.07 bits per heavy atom. The number of nitrogens with zero attached hydrogens (tertiary/aromatic N) is 3. The summed E-state index contributed by atoms with van der Waals surface area (Å²) in [7, 11) is 0. The number of aromatic nitrogens is 2. The fraction of sp³-hybridized carbons (Fsp3) is 0.571. The van der Waals surface area contributed by atoms with Crippen LogP contribution in [-0.2, 0) is 16.1 Å². The van der Waals surface area contributed by atoms with Crippen molar-refractivity contribution in [3.05, 3.63) is 39.7 Å². The summed E-state index contributed by atoms with van der Waals surface area (Å²) in [6, 6.07) is 2.66. The van der Waals surface area contributed by atoms with Crippen LogP contribution in [0.1, 0.15) is 76.9 Å². The largest absolute Gasteiger partial charge is 0.591 e. The van der Waals surface area contributed by atoms with E-state index in [-0.39, 0.29) is 23.1 Å². The molecule has 1 aromatic heterocycles. The molecule has 2 aromatic rings. The topological polar surface area (TPSA) is 79.5 Å². The molecule has 0 radical (unpaired) electrons.